The van der Waals surface area contributed by atoms with Crippen LogP contribution in [-0.2, 0) is 4.79 Å². The van der Waals surface area contributed by atoms with E-state index < -0.39 is 12.0 Å². The van der Waals surface area contributed by atoms with E-state index in [2.05, 4.69) is 10.3 Å². The van der Waals surface area contributed by atoms with Gasteiger partial charge in [-0.15, -0.1) is 0 Å². The number of hydrogen-bond donors (Lipinski definition) is 2. The third-order valence-electron chi connectivity index (χ3n) is 3.73. The van der Waals surface area contributed by atoms with E-state index in [4.69, 9.17) is 0 Å². The second kappa shape index (κ2) is 5.16. The molecule has 1 aromatic carbocycles. The molecule has 2 aromatic rings. The van der Waals surface area contributed by atoms with Crippen LogP contribution in [0.5, 0.6) is 0 Å². The van der Waals surface area contributed by atoms with Crippen molar-refractivity contribution in [3.05, 3.63) is 41.6 Å². The molecule has 5 heteroatoms. The lowest BCUT2D eigenvalue weighted by Crippen LogP contribution is -2.42. The summed E-state index contributed by atoms with van der Waals surface area (Å²) in [4.78, 5) is 28.1. The van der Waals surface area contributed by atoms with Crippen LogP contribution < -0.4 is 5.32 Å². The highest BCUT2D eigenvalue weighted by molar-refractivity contribution is 6.07. The number of nitrogens with zero attached hydrogens (tertiary/aromatic N) is 1. The van der Waals surface area contributed by atoms with Gasteiger partial charge in [0.15, 0.2) is 0 Å². The molecular formula is C16H16N2O3. The van der Waals surface area contributed by atoms with Gasteiger partial charge in [-0.2, -0.15) is 0 Å². The number of fused-ring (bicyclic) bond motifs is 1. The number of amides is 1. The van der Waals surface area contributed by atoms with E-state index in [-0.39, 0.29) is 11.8 Å². The first-order chi connectivity index (χ1) is 10.1. The molecule has 0 aliphatic heterocycles. The predicted molar refractivity (Wildman–Crippen MR) is 78.1 cm³/mol. The Morgan fingerprint density at radius 3 is 2.71 bits per heavy atom. The molecule has 2 N–H and O–H groups in total. The van der Waals surface area contributed by atoms with Gasteiger partial charge < -0.3 is 10.4 Å². The third-order valence-corrected chi connectivity index (χ3v) is 3.73. The smallest absolute Gasteiger partial charge is 0.326 e. The molecule has 1 aromatic heterocycles. The number of pyridine rings is 1. The van der Waals surface area contributed by atoms with E-state index in [0.717, 1.165) is 29.4 Å². The van der Waals surface area contributed by atoms with Crippen LogP contribution in [0.15, 0.2) is 30.3 Å². The van der Waals surface area contributed by atoms with Crippen molar-refractivity contribution in [3.63, 3.8) is 0 Å². The molecule has 0 radical (unpaired) electrons. The highest BCUT2D eigenvalue weighted by atomic mass is 16.4. The minimum absolute atomic E-state index is 0.0562. The summed E-state index contributed by atoms with van der Waals surface area (Å²) < 4.78 is 0. The fraction of sp³-hybridized carbons (Fsp3) is 0.312. The number of hydrogen-bond acceptors (Lipinski definition) is 3. The monoisotopic (exact) mass is 284 g/mol. The minimum Gasteiger partial charge on any atom is -0.480 e. The molecule has 1 atom stereocenters. The Labute approximate surface area is 122 Å². The first-order valence-corrected chi connectivity index (χ1v) is 6.96. The highest BCUT2D eigenvalue weighted by Crippen LogP contribution is 2.33. The van der Waals surface area contributed by atoms with Crippen LogP contribution in [0.4, 0.5) is 0 Å². The Morgan fingerprint density at radius 2 is 2.05 bits per heavy atom. The van der Waals surface area contributed by atoms with Gasteiger partial charge >= 0.3 is 5.97 Å². The van der Waals surface area contributed by atoms with Gasteiger partial charge in [0, 0.05) is 11.1 Å². The maximum absolute atomic E-state index is 12.5. The maximum Gasteiger partial charge on any atom is 0.326 e. The fourth-order valence-corrected chi connectivity index (χ4v) is 2.53. The van der Waals surface area contributed by atoms with E-state index in [1.54, 1.807) is 6.07 Å². The zero-order valence-corrected chi connectivity index (χ0v) is 11.7. The quantitative estimate of drug-likeness (QED) is 0.901. The molecule has 21 heavy (non-hydrogen) atoms. The van der Waals surface area contributed by atoms with E-state index in [1.165, 1.54) is 0 Å². The van der Waals surface area contributed by atoms with Gasteiger partial charge in [0.25, 0.3) is 5.91 Å². The summed E-state index contributed by atoms with van der Waals surface area (Å²) >= 11 is 0. The number of carbonyl (C=O) groups is 2. The molecule has 0 bridgehead atoms. The minimum atomic E-state index is -0.971. The van der Waals surface area contributed by atoms with E-state index >= 15 is 0 Å². The Hall–Kier alpha value is -2.43. The van der Waals surface area contributed by atoms with Crippen molar-refractivity contribution in [3.8, 4) is 0 Å². The Kier molecular flexibility index (Phi) is 3.33. The van der Waals surface area contributed by atoms with Crippen molar-refractivity contribution in [2.75, 3.05) is 0 Å². The number of carboxylic acid groups (broad SMARTS) is 1. The van der Waals surface area contributed by atoms with Crippen LogP contribution in [0.25, 0.3) is 10.9 Å². The molecule has 108 valence electrons. The molecule has 1 amide bonds. The van der Waals surface area contributed by atoms with Gasteiger partial charge in [0.1, 0.15) is 6.04 Å². The lowest BCUT2D eigenvalue weighted by Gasteiger charge is -2.15. The molecule has 5 nitrogen and oxygen atoms in total. The van der Waals surface area contributed by atoms with Gasteiger partial charge in [-0.05, 0) is 37.8 Å². The molecule has 1 fully saturated rings. The molecule has 1 saturated carbocycles. The Bertz CT molecular complexity index is 723. The summed E-state index contributed by atoms with van der Waals surface area (Å²) in [5, 5.41) is 12.6. The summed E-state index contributed by atoms with van der Waals surface area (Å²) in [5.74, 6) is -1.27. The second-order valence-corrected chi connectivity index (χ2v) is 5.46. The fourth-order valence-electron chi connectivity index (χ4n) is 2.53. The summed E-state index contributed by atoms with van der Waals surface area (Å²) in [6, 6.07) is 8.26. The summed E-state index contributed by atoms with van der Waals surface area (Å²) in [7, 11) is 0. The molecule has 1 heterocycles. The number of carbonyl (C=O) groups excluding carboxylic acids is 1. The van der Waals surface area contributed by atoms with Gasteiger partial charge in [-0.1, -0.05) is 18.2 Å². The number of aryl methyl sites for hydroxylation is 1. The molecule has 0 saturated heterocycles. The molecule has 0 spiro atoms. The van der Waals surface area contributed by atoms with Crippen molar-refractivity contribution in [2.45, 2.75) is 25.8 Å². The van der Waals surface area contributed by atoms with Crippen LogP contribution in [0, 0.1) is 12.8 Å². The highest BCUT2D eigenvalue weighted by Gasteiger charge is 2.37. The lowest BCUT2D eigenvalue weighted by molar-refractivity contribution is -0.139. The first kappa shape index (κ1) is 13.5. The standard InChI is InChI=1S/C16H16N2O3/c1-9-8-12(11-4-2-3-5-13(11)17-9)15(19)18-14(16(20)21)10-6-7-10/h2-5,8,10,14H,6-7H2,1H3,(H,18,19)(H,20,21). The van der Waals surface area contributed by atoms with Gasteiger partial charge in [0.2, 0.25) is 0 Å². The lowest BCUT2D eigenvalue weighted by atomic mass is 10.1. The van der Waals surface area contributed by atoms with Crippen LogP contribution in [0.3, 0.4) is 0 Å². The third kappa shape index (κ3) is 2.72. The summed E-state index contributed by atoms with van der Waals surface area (Å²) in [5.41, 5.74) is 1.95. The average molecular weight is 284 g/mol. The molecular weight excluding hydrogens is 268 g/mol. The SMILES string of the molecule is Cc1cc(C(=O)NC(C(=O)O)C2CC2)c2ccccc2n1. The average Bonchev–Trinajstić information content (AvgIpc) is 3.27. The van der Waals surface area contributed by atoms with E-state index in [1.807, 2.05) is 31.2 Å². The second-order valence-electron chi connectivity index (χ2n) is 5.46. The number of benzene rings is 1. The van der Waals surface area contributed by atoms with Crippen molar-refractivity contribution in [2.24, 2.45) is 5.92 Å². The Balaban J connectivity index is 1.95. The van der Waals surface area contributed by atoms with Crippen LogP contribution in [0.2, 0.25) is 0 Å². The van der Waals surface area contributed by atoms with Crippen LogP contribution >= 0.6 is 0 Å². The van der Waals surface area contributed by atoms with E-state index in [9.17, 15) is 14.7 Å². The van der Waals surface area contributed by atoms with Crippen LogP contribution in [-0.4, -0.2) is 28.0 Å². The van der Waals surface area contributed by atoms with Crippen molar-refractivity contribution in [1.82, 2.24) is 10.3 Å². The van der Waals surface area contributed by atoms with Gasteiger partial charge in [-0.3, -0.25) is 9.78 Å². The van der Waals surface area contributed by atoms with E-state index in [0.29, 0.717) is 5.56 Å². The summed E-state index contributed by atoms with van der Waals surface area (Å²) in [6.07, 6.45) is 1.71. The number of rotatable bonds is 4. The van der Waals surface area contributed by atoms with Crippen LogP contribution in [0.1, 0.15) is 28.9 Å². The number of aliphatic carboxylic acids is 1. The largest absolute Gasteiger partial charge is 0.480 e. The molecule has 1 aliphatic carbocycles. The zero-order valence-electron chi connectivity index (χ0n) is 11.7. The molecule has 1 unspecified atom stereocenters. The number of para-hydroxylation sites is 1. The van der Waals surface area contributed by atoms with Gasteiger partial charge in [0.05, 0.1) is 11.1 Å². The zero-order chi connectivity index (χ0) is 15.0. The maximum atomic E-state index is 12.5. The van der Waals surface area contributed by atoms with Crippen molar-refractivity contribution >= 4 is 22.8 Å². The number of carboxylic acids is 1. The van der Waals surface area contributed by atoms with Crippen molar-refractivity contribution in [1.29, 1.82) is 0 Å². The predicted octanol–water partition coefficient (Wildman–Crippen LogP) is 2.14. The molecule has 1 aliphatic rings. The van der Waals surface area contributed by atoms with Gasteiger partial charge in [-0.25, -0.2) is 4.79 Å². The topological polar surface area (TPSA) is 79.3 Å². The van der Waals surface area contributed by atoms with Crippen molar-refractivity contribution < 1.29 is 14.7 Å². The Morgan fingerprint density at radius 1 is 1.33 bits per heavy atom. The first-order valence-electron chi connectivity index (χ1n) is 6.96. The number of aromatic nitrogens is 1. The summed E-state index contributed by atoms with van der Waals surface area (Å²) in [6.45, 7) is 1.82. The molecule has 3 rings (SSSR count). The number of nitrogens with one attached hydrogen (secondary N) is 1. The normalized spacial score (nSPS) is 15.7.